The molecule has 5 heteroatoms. The fraction of sp³-hybridized carbons (Fsp3) is 0.500. The van der Waals surface area contributed by atoms with E-state index in [-0.39, 0.29) is 12.1 Å². The summed E-state index contributed by atoms with van der Waals surface area (Å²) in [5.74, 6) is 1.49. The molecule has 5 nitrogen and oxygen atoms in total. The van der Waals surface area contributed by atoms with Crippen molar-refractivity contribution in [2.24, 2.45) is 0 Å². The van der Waals surface area contributed by atoms with Crippen molar-refractivity contribution in [2.75, 3.05) is 26.4 Å². The zero-order valence-corrected chi connectivity index (χ0v) is 17.1. The number of piperidine rings is 1. The van der Waals surface area contributed by atoms with Gasteiger partial charge in [0.2, 0.25) is 0 Å². The average Bonchev–Trinajstić information content (AvgIpc) is 2.71. The Morgan fingerprint density at radius 2 is 1.59 bits per heavy atom. The van der Waals surface area contributed by atoms with Crippen LogP contribution in [0.25, 0.3) is 0 Å². The number of ether oxygens (including phenoxy) is 3. The maximum atomic E-state index is 11.3. The van der Waals surface area contributed by atoms with Crippen LogP contribution in [0.15, 0.2) is 54.6 Å². The molecule has 2 aliphatic rings. The van der Waals surface area contributed by atoms with E-state index in [1.54, 1.807) is 0 Å². The maximum absolute atomic E-state index is 11.3. The van der Waals surface area contributed by atoms with Crippen molar-refractivity contribution in [1.29, 1.82) is 0 Å². The lowest BCUT2D eigenvalue weighted by Gasteiger charge is -2.51. The summed E-state index contributed by atoms with van der Waals surface area (Å²) in [5.41, 5.74) is 0.595. The molecule has 29 heavy (non-hydrogen) atoms. The van der Waals surface area contributed by atoms with Gasteiger partial charge in [0.05, 0.1) is 32.0 Å². The number of para-hydroxylation sites is 2. The second kappa shape index (κ2) is 9.16. The molecule has 2 heterocycles. The Kier molecular flexibility index (Phi) is 6.38. The highest BCUT2D eigenvalue weighted by molar-refractivity contribution is 5.39. The molecule has 2 fully saturated rings. The smallest absolute Gasteiger partial charge is 0.161 e. The van der Waals surface area contributed by atoms with Crippen LogP contribution in [0.3, 0.4) is 0 Å². The van der Waals surface area contributed by atoms with Gasteiger partial charge in [0, 0.05) is 25.0 Å². The van der Waals surface area contributed by atoms with E-state index in [2.05, 4.69) is 29.2 Å². The van der Waals surface area contributed by atoms with Gasteiger partial charge in [-0.3, -0.25) is 4.90 Å². The van der Waals surface area contributed by atoms with Crippen LogP contribution in [0.1, 0.15) is 31.7 Å². The first-order valence-corrected chi connectivity index (χ1v) is 10.6. The topological polar surface area (TPSA) is 51.2 Å². The standard InChI is InChI=1S/C24H31NO4/c1-2-28-22-10-6-7-11-23(22)29-13-12-24(26)14-20-17-27-18-21(15-24)25(20)16-19-8-4-3-5-9-19/h3-11,20-21,26H,2,12-18H2,1H3. The van der Waals surface area contributed by atoms with E-state index in [1.807, 2.05) is 37.3 Å². The van der Waals surface area contributed by atoms with Gasteiger partial charge in [-0.1, -0.05) is 42.5 Å². The Labute approximate surface area is 173 Å². The van der Waals surface area contributed by atoms with Crippen LogP contribution in [0, 0.1) is 0 Å². The molecule has 0 radical (unpaired) electrons. The second-order valence-electron chi connectivity index (χ2n) is 8.11. The molecule has 0 aromatic heterocycles. The van der Waals surface area contributed by atoms with E-state index in [4.69, 9.17) is 14.2 Å². The molecule has 4 rings (SSSR count). The SMILES string of the molecule is CCOc1ccccc1OCCC1(O)CC2COCC(C1)N2Cc1ccccc1. The molecule has 2 aliphatic heterocycles. The number of hydrogen-bond donors (Lipinski definition) is 1. The van der Waals surface area contributed by atoms with Crippen molar-refractivity contribution in [3.05, 3.63) is 60.2 Å². The molecule has 1 N–H and O–H groups in total. The van der Waals surface area contributed by atoms with Crippen molar-refractivity contribution >= 4 is 0 Å². The van der Waals surface area contributed by atoms with E-state index < -0.39 is 5.60 Å². The van der Waals surface area contributed by atoms with E-state index in [9.17, 15) is 5.11 Å². The molecular formula is C24H31NO4. The molecule has 0 amide bonds. The van der Waals surface area contributed by atoms with Gasteiger partial charge in [0.1, 0.15) is 0 Å². The van der Waals surface area contributed by atoms with Crippen molar-refractivity contribution in [3.8, 4) is 11.5 Å². The molecule has 2 aromatic carbocycles. The summed E-state index contributed by atoms with van der Waals surface area (Å²) >= 11 is 0. The number of fused-ring (bicyclic) bond motifs is 2. The predicted molar refractivity (Wildman–Crippen MR) is 112 cm³/mol. The van der Waals surface area contributed by atoms with Crippen LogP contribution in [0.5, 0.6) is 11.5 Å². The van der Waals surface area contributed by atoms with Crippen molar-refractivity contribution in [2.45, 2.75) is 50.4 Å². The quantitative estimate of drug-likeness (QED) is 0.737. The lowest BCUT2D eigenvalue weighted by molar-refractivity contribution is -0.150. The summed E-state index contributed by atoms with van der Waals surface area (Å²) in [4.78, 5) is 2.51. The molecule has 0 spiro atoms. The van der Waals surface area contributed by atoms with Gasteiger partial charge in [-0.15, -0.1) is 0 Å². The highest BCUT2D eigenvalue weighted by Crippen LogP contribution is 2.37. The Bertz CT molecular complexity index is 767. The van der Waals surface area contributed by atoms with Crippen LogP contribution in [0.2, 0.25) is 0 Å². The number of hydrogen-bond acceptors (Lipinski definition) is 5. The predicted octanol–water partition coefficient (Wildman–Crippen LogP) is 3.65. The number of morpholine rings is 1. The molecule has 0 aliphatic carbocycles. The first kappa shape index (κ1) is 20.2. The average molecular weight is 398 g/mol. The summed E-state index contributed by atoms with van der Waals surface area (Å²) in [5, 5.41) is 11.3. The van der Waals surface area contributed by atoms with Gasteiger partial charge in [-0.2, -0.15) is 0 Å². The van der Waals surface area contributed by atoms with Crippen LogP contribution in [-0.4, -0.2) is 54.1 Å². The van der Waals surface area contributed by atoms with Gasteiger partial charge in [-0.25, -0.2) is 0 Å². The maximum Gasteiger partial charge on any atom is 0.161 e. The van der Waals surface area contributed by atoms with Gasteiger partial charge >= 0.3 is 0 Å². The zero-order chi connectivity index (χ0) is 20.1. The Morgan fingerprint density at radius 1 is 0.966 bits per heavy atom. The van der Waals surface area contributed by atoms with Gasteiger partial charge in [0.15, 0.2) is 11.5 Å². The number of rotatable bonds is 8. The van der Waals surface area contributed by atoms with Crippen molar-refractivity contribution < 1.29 is 19.3 Å². The van der Waals surface area contributed by atoms with E-state index in [0.717, 1.165) is 18.0 Å². The molecule has 0 saturated carbocycles. The number of aliphatic hydroxyl groups is 1. The zero-order valence-electron chi connectivity index (χ0n) is 17.1. The molecule has 2 atom stereocenters. The molecule has 156 valence electrons. The summed E-state index contributed by atoms with van der Waals surface area (Å²) < 4.78 is 17.4. The summed E-state index contributed by atoms with van der Waals surface area (Å²) in [6.07, 6.45) is 2.04. The third kappa shape index (κ3) is 4.92. The minimum absolute atomic E-state index is 0.239. The minimum Gasteiger partial charge on any atom is -0.490 e. The number of benzene rings is 2. The third-order valence-corrected chi connectivity index (χ3v) is 5.97. The second-order valence-corrected chi connectivity index (χ2v) is 8.11. The van der Waals surface area contributed by atoms with Crippen LogP contribution in [0.4, 0.5) is 0 Å². The fourth-order valence-corrected chi connectivity index (χ4v) is 4.59. The minimum atomic E-state index is -0.715. The normalized spacial score (nSPS) is 26.8. The Hall–Kier alpha value is -2.08. The van der Waals surface area contributed by atoms with Gasteiger partial charge in [-0.05, 0) is 37.5 Å². The molecular weight excluding hydrogens is 366 g/mol. The third-order valence-electron chi connectivity index (χ3n) is 5.97. The van der Waals surface area contributed by atoms with E-state index >= 15 is 0 Å². The van der Waals surface area contributed by atoms with Crippen LogP contribution < -0.4 is 9.47 Å². The monoisotopic (exact) mass is 397 g/mol. The molecule has 2 aromatic rings. The van der Waals surface area contributed by atoms with E-state index in [0.29, 0.717) is 45.7 Å². The van der Waals surface area contributed by atoms with Crippen LogP contribution in [-0.2, 0) is 11.3 Å². The fourth-order valence-electron chi connectivity index (χ4n) is 4.59. The largest absolute Gasteiger partial charge is 0.490 e. The van der Waals surface area contributed by atoms with Crippen molar-refractivity contribution in [1.82, 2.24) is 4.90 Å². The highest BCUT2D eigenvalue weighted by Gasteiger charge is 2.45. The lowest BCUT2D eigenvalue weighted by atomic mass is 9.79. The first-order chi connectivity index (χ1) is 14.2. The summed E-state index contributed by atoms with van der Waals surface area (Å²) in [6, 6.07) is 18.7. The molecule has 2 unspecified atom stereocenters. The van der Waals surface area contributed by atoms with Crippen molar-refractivity contribution in [3.63, 3.8) is 0 Å². The highest BCUT2D eigenvalue weighted by atomic mass is 16.5. The van der Waals surface area contributed by atoms with Gasteiger partial charge in [0.25, 0.3) is 0 Å². The van der Waals surface area contributed by atoms with Crippen LogP contribution >= 0.6 is 0 Å². The Balaban J connectivity index is 1.36. The Morgan fingerprint density at radius 3 is 2.24 bits per heavy atom. The lowest BCUT2D eigenvalue weighted by Crippen LogP contribution is -2.61. The van der Waals surface area contributed by atoms with Gasteiger partial charge < -0.3 is 19.3 Å². The number of nitrogens with zero attached hydrogens (tertiary/aromatic N) is 1. The van der Waals surface area contributed by atoms with E-state index in [1.165, 1.54) is 5.56 Å². The molecule has 2 saturated heterocycles. The first-order valence-electron chi connectivity index (χ1n) is 10.6. The summed E-state index contributed by atoms with van der Waals surface area (Å²) in [7, 11) is 0. The summed E-state index contributed by atoms with van der Waals surface area (Å²) in [6.45, 7) is 5.31. The molecule has 2 bridgehead atoms.